The number of thiophene rings is 1. The molecule has 0 saturated carbocycles. The Hall–Kier alpha value is -0.380. The molecule has 11 heavy (non-hydrogen) atoms. The van der Waals surface area contributed by atoms with Crippen LogP contribution in [0.1, 0.15) is 11.0 Å². The maximum absolute atomic E-state index is 5.28. The van der Waals surface area contributed by atoms with Gasteiger partial charge in [0.05, 0.1) is 0 Å². The maximum Gasteiger partial charge on any atom is 0.104 e. The minimum absolute atomic E-state index is 0.208. The van der Waals surface area contributed by atoms with E-state index in [1.807, 2.05) is 13.1 Å². The molecule has 1 heterocycles. The van der Waals surface area contributed by atoms with Gasteiger partial charge < -0.3 is 10.1 Å². The van der Waals surface area contributed by atoms with E-state index in [0.717, 1.165) is 6.54 Å². The molecule has 0 aliphatic carbocycles. The molecule has 1 rings (SSSR count). The largest absolute Gasteiger partial charge is 0.375 e. The summed E-state index contributed by atoms with van der Waals surface area (Å²) in [6.07, 6.45) is 0.208. The molecule has 0 aliphatic heterocycles. The van der Waals surface area contributed by atoms with Crippen molar-refractivity contribution in [1.29, 1.82) is 0 Å². The molecular weight excluding hydrogens is 158 g/mol. The molecule has 0 bridgehead atoms. The van der Waals surface area contributed by atoms with Crippen molar-refractivity contribution in [2.75, 3.05) is 20.7 Å². The van der Waals surface area contributed by atoms with Gasteiger partial charge in [-0.1, -0.05) is 6.07 Å². The molecule has 2 nitrogen and oxygen atoms in total. The van der Waals surface area contributed by atoms with Crippen molar-refractivity contribution in [3.05, 3.63) is 22.4 Å². The molecular formula is C8H13NOS. The van der Waals surface area contributed by atoms with Crippen LogP contribution < -0.4 is 5.32 Å². The smallest absolute Gasteiger partial charge is 0.104 e. The molecule has 0 aromatic carbocycles. The van der Waals surface area contributed by atoms with Crippen molar-refractivity contribution in [1.82, 2.24) is 5.32 Å². The zero-order valence-electron chi connectivity index (χ0n) is 6.83. The van der Waals surface area contributed by atoms with Gasteiger partial charge >= 0.3 is 0 Å². The zero-order chi connectivity index (χ0) is 8.10. The summed E-state index contributed by atoms with van der Waals surface area (Å²) < 4.78 is 5.28. The van der Waals surface area contributed by atoms with Crippen molar-refractivity contribution in [2.24, 2.45) is 0 Å². The monoisotopic (exact) mass is 171 g/mol. The van der Waals surface area contributed by atoms with Gasteiger partial charge in [-0.3, -0.25) is 0 Å². The molecule has 3 heteroatoms. The lowest BCUT2D eigenvalue weighted by Crippen LogP contribution is -2.17. The average Bonchev–Trinajstić information content (AvgIpc) is 2.52. The van der Waals surface area contributed by atoms with Crippen LogP contribution in [0.15, 0.2) is 17.5 Å². The number of methoxy groups -OCH3 is 1. The van der Waals surface area contributed by atoms with Crippen LogP contribution in [0, 0.1) is 0 Å². The maximum atomic E-state index is 5.28. The third kappa shape index (κ3) is 2.29. The quantitative estimate of drug-likeness (QED) is 0.744. The number of hydrogen-bond donors (Lipinski definition) is 1. The molecule has 0 saturated heterocycles. The minimum atomic E-state index is 0.208. The molecule has 1 aromatic heterocycles. The minimum Gasteiger partial charge on any atom is -0.375 e. The summed E-state index contributed by atoms with van der Waals surface area (Å²) in [5.74, 6) is 0. The highest BCUT2D eigenvalue weighted by molar-refractivity contribution is 7.10. The fraction of sp³-hybridized carbons (Fsp3) is 0.500. The number of nitrogens with one attached hydrogen (secondary N) is 1. The van der Waals surface area contributed by atoms with Crippen LogP contribution in [-0.4, -0.2) is 20.7 Å². The number of rotatable bonds is 4. The molecule has 1 unspecified atom stereocenters. The summed E-state index contributed by atoms with van der Waals surface area (Å²) in [5, 5.41) is 5.16. The predicted octanol–water partition coefficient (Wildman–Crippen LogP) is 1.66. The Morgan fingerprint density at radius 2 is 2.55 bits per heavy atom. The second-order valence-corrected chi connectivity index (χ2v) is 3.28. The number of hydrogen-bond acceptors (Lipinski definition) is 3. The van der Waals surface area contributed by atoms with Crippen LogP contribution in [0.5, 0.6) is 0 Å². The van der Waals surface area contributed by atoms with E-state index < -0.39 is 0 Å². The van der Waals surface area contributed by atoms with E-state index in [4.69, 9.17) is 4.74 Å². The number of likely N-dealkylation sites (N-methyl/N-ethyl adjacent to an activating group) is 1. The second-order valence-electron chi connectivity index (χ2n) is 2.30. The van der Waals surface area contributed by atoms with Gasteiger partial charge in [0.1, 0.15) is 6.10 Å². The molecule has 0 radical (unpaired) electrons. The van der Waals surface area contributed by atoms with Crippen molar-refractivity contribution >= 4 is 11.3 Å². The highest BCUT2D eigenvalue weighted by atomic mass is 32.1. The summed E-state index contributed by atoms with van der Waals surface area (Å²) >= 11 is 1.73. The van der Waals surface area contributed by atoms with Crippen molar-refractivity contribution in [3.63, 3.8) is 0 Å². The van der Waals surface area contributed by atoms with Gasteiger partial charge in [0.15, 0.2) is 0 Å². The zero-order valence-corrected chi connectivity index (χ0v) is 7.65. The molecule has 0 fully saturated rings. The standard InChI is InChI=1S/C8H13NOS/c1-9-6-7(10-2)8-4-3-5-11-8/h3-5,7,9H,6H2,1-2H3. The first-order chi connectivity index (χ1) is 5.38. The van der Waals surface area contributed by atoms with Crippen molar-refractivity contribution < 1.29 is 4.74 Å². The summed E-state index contributed by atoms with van der Waals surface area (Å²) in [7, 11) is 3.67. The van der Waals surface area contributed by atoms with Gasteiger partial charge in [-0.15, -0.1) is 11.3 Å². The van der Waals surface area contributed by atoms with E-state index in [1.165, 1.54) is 4.88 Å². The fourth-order valence-corrected chi connectivity index (χ4v) is 1.76. The highest BCUT2D eigenvalue weighted by Crippen LogP contribution is 2.20. The Labute approximate surface area is 71.2 Å². The lowest BCUT2D eigenvalue weighted by Gasteiger charge is -2.11. The van der Waals surface area contributed by atoms with Crippen LogP contribution in [0.25, 0.3) is 0 Å². The Kier molecular flexibility index (Phi) is 3.56. The van der Waals surface area contributed by atoms with Crippen LogP contribution >= 0.6 is 11.3 Å². The molecule has 1 aromatic rings. The Bertz CT molecular complexity index is 186. The average molecular weight is 171 g/mol. The van der Waals surface area contributed by atoms with Gasteiger partial charge in [-0.2, -0.15) is 0 Å². The number of ether oxygens (including phenoxy) is 1. The molecule has 0 spiro atoms. The molecule has 0 amide bonds. The first-order valence-electron chi connectivity index (χ1n) is 3.59. The van der Waals surface area contributed by atoms with E-state index in [2.05, 4.69) is 16.8 Å². The molecule has 1 atom stereocenters. The van der Waals surface area contributed by atoms with E-state index >= 15 is 0 Å². The van der Waals surface area contributed by atoms with Gasteiger partial charge in [0, 0.05) is 18.5 Å². The predicted molar refractivity (Wildman–Crippen MR) is 48.0 cm³/mol. The third-order valence-corrected chi connectivity index (χ3v) is 2.50. The lowest BCUT2D eigenvalue weighted by atomic mass is 10.3. The van der Waals surface area contributed by atoms with Gasteiger partial charge in [-0.05, 0) is 18.5 Å². The first-order valence-corrected chi connectivity index (χ1v) is 4.47. The van der Waals surface area contributed by atoms with Gasteiger partial charge in [0.25, 0.3) is 0 Å². The normalized spacial score (nSPS) is 13.3. The third-order valence-electron chi connectivity index (χ3n) is 1.53. The summed E-state index contributed by atoms with van der Waals surface area (Å²) in [5.41, 5.74) is 0. The van der Waals surface area contributed by atoms with E-state index in [1.54, 1.807) is 18.4 Å². The topological polar surface area (TPSA) is 21.3 Å². The van der Waals surface area contributed by atoms with Crippen LogP contribution in [0.3, 0.4) is 0 Å². The Morgan fingerprint density at radius 3 is 3.00 bits per heavy atom. The Morgan fingerprint density at radius 1 is 1.73 bits per heavy atom. The SMILES string of the molecule is CNCC(OC)c1cccs1. The van der Waals surface area contributed by atoms with Crippen LogP contribution in [0.2, 0.25) is 0 Å². The molecule has 1 N–H and O–H groups in total. The fourth-order valence-electron chi connectivity index (χ4n) is 0.960. The van der Waals surface area contributed by atoms with E-state index in [9.17, 15) is 0 Å². The van der Waals surface area contributed by atoms with Crippen molar-refractivity contribution in [2.45, 2.75) is 6.10 Å². The van der Waals surface area contributed by atoms with Crippen LogP contribution in [-0.2, 0) is 4.74 Å². The highest BCUT2D eigenvalue weighted by Gasteiger charge is 2.08. The molecule has 62 valence electrons. The summed E-state index contributed by atoms with van der Waals surface area (Å²) in [6.45, 7) is 0.872. The lowest BCUT2D eigenvalue weighted by molar-refractivity contribution is 0.107. The van der Waals surface area contributed by atoms with Gasteiger partial charge in [0.2, 0.25) is 0 Å². The van der Waals surface area contributed by atoms with E-state index in [0.29, 0.717) is 0 Å². The molecule has 0 aliphatic rings. The van der Waals surface area contributed by atoms with Crippen LogP contribution in [0.4, 0.5) is 0 Å². The van der Waals surface area contributed by atoms with E-state index in [-0.39, 0.29) is 6.10 Å². The van der Waals surface area contributed by atoms with Crippen molar-refractivity contribution in [3.8, 4) is 0 Å². The Balaban J connectivity index is 2.56. The second kappa shape index (κ2) is 4.49. The van der Waals surface area contributed by atoms with Gasteiger partial charge in [-0.25, -0.2) is 0 Å². The first kappa shape index (κ1) is 8.71. The summed E-state index contributed by atoms with van der Waals surface area (Å²) in [4.78, 5) is 1.28. The summed E-state index contributed by atoms with van der Waals surface area (Å²) in [6, 6.07) is 4.14.